The summed E-state index contributed by atoms with van der Waals surface area (Å²) in [6.45, 7) is 3.12. The Morgan fingerprint density at radius 2 is 1.69 bits per heavy atom. The summed E-state index contributed by atoms with van der Waals surface area (Å²) in [5, 5.41) is 5.78. The average Bonchev–Trinajstić information content (AvgIpc) is 3.47. The largest absolute Gasteiger partial charge is 0.375 e. The van der Waals surface area contributed by atoms with Gasteiger partial charge in [0.05, 0.1) is 0 Å². The third-order valence-electron chi connectivity index (χ3n) is 4.47. The summed E-state index contributed by atoms with van der Waals surface area (Å²) in [6.07, 6.45) is 3.00. The molecule has 5 nitrogen and oxygen atoms in total. The van der Waals surface area contributed by atoms with Crippen LogP contribution in [0.1, 0.15) is 36.5 Å². The minimum absolute atomic E-state index is 0.0558. The molecule has 0 aliphatic heterocycles. The Labute approximate surface area is 154 Å². The Kier molecular flexibility index (Phi) is 5.56. The standard InChI is InChI=1S/C21H25N3O2/c1-3-13-24(2)19-11-9-16(10-12-19)21(26)23-18-6-4-5-17(14-18)22-20(25)15-7-8-15/h4-6,9-12,14-15H,3,7-8,13H2,1-2H3,(H,22,25)(H,23,26). The van der Waals surface area contributed by atoms with E-state index in [2.05, 4.69) is 22.5 Å². The number of anilines is 3. The first-order valence-corrected chi connectivity index (χ1v) is 9.10. The van der Waals surface area contributed by atoms with Gasteiger partial charge in [0.25, 0.3) is 5.91 Å². The van der Waals surface area contributed by atoms with Crippen molar-refractivity contribution in [2.75, 3.05) is 29.1 Å². The number of carbonyl (C=O) groups excluding carboxylic acids is 2. The fourth-order valence-corrected chi connectivity index (χ4v) is 2.80. The molecule has 0 heterocycles. The Balaban J connectivity index is 1.63. The molecule has 1 aliphatic rings. The van der Waals surface area contributed by atoms with E-state index < -0.39 is 0 Å². The number of rotatable bonds is 7. The zero-order valence-corrected chi connectivity index (χ0v) is 15.3. The molecule has 0 bridgehead atoms. The minimum atomic E-state index is -0.166. The molecule has 1 saturated carbocycles. The molecule has 2 aromatic rings. The third kappa shape index (κ3) is 4.63. The van der Waals surface area contributed by atoms with Gasteiger partial charge in [-0.15, -0.1) is 0 Å². The number of hydrogen-bond donors (Lipinski definition) is 2. The van der Waals surface area contributed by atoms with Crippen molar-refractivity contribution in [1.82, 2.24) is 0 Å². The summed E-state index contributed by atoms with van der Waals surface area (Å²) in [5.74, 6) is 0.0400. The first kappa shape index (κ1) is 18.0. The third-order valence-corrected chi connectivity index (χ3v) is 4.47. The van der Waals surface area contributed by atoms with E-state index in [1.165, 1.54) is 0 Å². The molecular formula is C21H25N3O2. The molecule has 2 amide bonds. The van der Waals surface area contributed by atoms with Gasteiger partial charge >= 0.3 is 0 Å². The van der Waals surface area contributed by atoms with Crippen molar-refractivity contribution in [2.24, 2.45) is 5.92 Å². The van der Waals surface area contributed by atoms with Gasteiger partial charge in [0.15, 0.2) is 0 Å². The quantitative estimate of drug-likeness (QED) is 0.788. The number of benzene rings is 2. The summed E-state index contributed by atoms with van der Waals surface area (Å²) in [5.41, 5.74) is 3.06. The van der Waals surface area contributed by atoms with Gasteiger partial charge in [-0.2, -0.15) is 0 Å². The molecule has 0 saturated heterocycles. The molecule has 3 rings (SSSR count). The van der Waals surface area contributed by atoms with Gasteiger partial charge in [-0.05, 0) is 61.7 Å². The SMILES string of the molecule is CCCN(C)c1ccc(C(=O)Nc2cccc(NC(=O)C3CC3)c2)cc1. The van der Waals surface area contributed by atoms with Crippen LogP contribution in [0.5, 0.6) is 0 Å². The molecule has 0 spiro atoms. The van der Waals surface area contributed by atoms with Gasteiger partial charge in [-0.1, -0.05) is 13.0 Å². The molecule has 136 valence electrons. The molecule has 0 radical (unpaired) electrons. The van der Waals surface area contributed by atoms with Crippen LogP contribution in [0.4, 0.5) is 17.1 Å². The highest BCUT2D eigenvalue weighted by Gasteiger charge is 2.29. The summed E-state index contributed by atoms with van der Waals surface area (Å²) in [6, 6.07) is 14.8. The second-order valence-electron chi connectivity index (χ2n) is 6.77. The molecule has 0 aromatic heterocycles. The molecule has 0 unspecified atom stereocenters. The van der Waals surface area contributed by atoms with Gasteiger partial charge in [0.2, 0.25) is 5.91 Å². The van der Waals surface area contributed by atoms with E-state index in [-0.39, 0.29) is 17.7 Å². The van der Waals surface area contributed by atoms with Crippen LogP contribution in [0.2, 0.25) is 0 Å². The normalized spacial score (nSPS) is 13.2. The van der Waals surface area contributed by atoms with Crippen molar-refractivity contribution in [2.45, 2.75) is 26.2 Å². The number of nitrogens with zero attached hydrogens (tertiary/aromatic N) is 1. The van der Waals surface area contributed by atoms with E-state index in [0.29, 0.717) is 16.9 Å². The van der Waals surface area contributed by atoms with E-state index in [9.17, 15) is 9.59 Å². The molecule has 1 aliphatic carbocycles. The Morgan fingerprint density at radius 3 is 2.31 bits per heavy atom. The van der Waals surface area contributed by atoms with E-state index in [0.717, 1.165) is 31.5 Å². The summed E-state index contributed by atoms with van der Waals surface area (Å²) in [7, 11) is 2.04. The summed E-state index contributed by atoms with van der Waals surface area (Å²) < 4.78 is 0. The highest BCUT2D eigenvalue weighted by molar-refractivity contribution is 6.05. The van der Waals surface area contributed by atoms with E-state index >= 15 is 0 Å². The molecule has 1 fully saturated rings. The van der Waals surface area contributed by atoms with Crippen molar-refractivity contribution < 1.29 is 9.59 Å². The van der Waals surface area contributed by atoms with E-state index in [4.69, 9.17) is 0 Å². The fourth-order valence-electron chi connectivity index (χ4n) is 2.80. The van der Waals surface area contributed by atoms with Gasteiger partial charge in [-0.25, -0.2) is 0 Å². The van der Waals surface area contributed by atoms with Crippen LogP contribution in [-0.2, 0) is 4.79 Å². The van der Waals surface area contributed by atoms with Crippen molar-refractivity contribution in [3.05, 3.63) is 54.1 Å². The van der Waals surface area contributed by atoms with Crippen molar-refractivity contribution in [3.8, 4) is 0 Å². The smallest absolute Gasteiger partial charge is 0.255 e. The van der Waals surface area contributed by atoms with E-state index in [1.807, 2.05) is 49.5 Å². The Bertz CT molecular complexity index is 782. The second kappa shape index (κ2) is 8.04. The maximum Gasteiger partial charge on any atom is 0.255 e. The zero-order chi connectivity index (χ0) is 18.5. The zero-order valence-electron chi connectivity index (χ0n) is 15.3. The van der Waals surface area contributed by atoms with Crippen LogP contribution in [0.3, 0.4) is 0 Å². The monoisotopic (exact) mass is 351 g/mol. The van der Waals surface area contributed by atoms with Crippen LogP contribution >= 0.6 is 0 Å². The predicted octanol–water partition coefficient (Wildman–Crippen LogP) is 4.13. The lowest BCUT2D eigenvalue weighted by atomic mass is 10.1. The summed E-state index contributed by atoms with van der Waals surface area (Å²) in [4.78, 5) is 26.5. The lowest BCUT2D eigenvalue weighted by molar-refractivity contribution is -0.117. The number of hydrogen-bond acceptors (Lipinski definition) is 3. The fraction of sp³-hybridized carbons (Fsp3) is 0.333. The average molecular weight is 351 g/mol. The first-order valence-electron chi connectivity index (χ1n) is 9.10. The van der Waals surface area contributed by atoms with Crippen molar-refractivity contribution in [3.63, 3.8) is 0 Å². The number of carbonyl (C=O) groups is 2. The molecule has 5 heteroatoms. The van der Waals surface area contributed by atoms with Gasteiger partial charge in [0.1, 0.15) is 0 Å². The van der Waals surface area contributed by atoms with Gasteiger partial charge < -0.3 is 15.5 Å². The first-order chi connectivity index (χ1) is 12.6. The molecular weight excluding hydrogens is 326 g/mol. The predicted molar refractivity (Wildman–Crippen MR) is 106 cm³/mol. The van der Waals surface area contributed by atoms with Crippen molar-refractivity contribution >= 4 is 28.9 Å². The van der Waals surface area contributed by atoms with E-state index in [1.54, 1.807) is 6.07 Å². The number of amides is 2. The lowest BCUT2D eigenvalue weighted by Crippen LogP contribution is -2.18. The minimum Gasteiger partial charge on any atom is -0.375 e. The molecule has 0 atom stereocenters. The summed E-state index contributed by atoms with van der Waals surface area (Å²) >= 11 is 0. The highest BCUT2D eigenvalue weighted by atomic mass is 16.2. The van der Waals surface area contributed by atoms with Crippen LogP contribution < -0.4 is 15.5 Å². The Morgan fingerprint density at radius 1 is 1.04 bits per heavy atom. The van der Waals surface area contributed by atoms with Crippen LogP contribution in [0, 0.1) is 5.92 Å². The second-order valence-corrected chi connectivity index (χ2v) is 6.77. The highest BCUT2D eigenvalue weighted by Crippen LogP contribution is 2.30. The van der Waals surface area contributed by atoms with Crippen molar-refractivity contribution in [1.29, 1.82) is 0 Å². The maximum atomic E-state index is 12.5. The van der Waals surface area contributed by atoms with Crippen LogP contribution in [0.15, 0.2) is 48.5 Å². The number of nitrogens with one attached hydrogen (secondary N) is 2. The molecule has 26 heavy (non-hydrogen) atoms. The molecule has 2 aromatic carbocycles. The lowest BCUT2D eigenvalue weighted by Gasteiger charge is -2.18. The van der Waals surface area contributed by atoms with Gasteiger partial charge in [-0.3, -0.25) is 9.59 Å². The Hall–Kier alpha value is -2.82. The van der Waals surface area contributed by atoms with Crippen LogP contribution in [-0.4, -0.2) is 25.4 Å². The molecule has 2 N–H and O–H groups in total. The van der Waals surface area contributed by atoms with Gasteiger partial charge in [0, 0.05) is 42.1 Å². The maximum absolute atomic E-state index is 12.5. The van der Waals surface area contributed by atoms with Crippen LogP contribution in [0.25, 0.3) is 0 Å². The topological polar surface area (TPSA) is 61.4 Å².